The van der Waals surface area contributed by atoms with Crippen molar-refractivity contribution in [3.63, 3.8) is 0 Å². The summed E-state index contributed by atoms with van der Waals surface area (Å²) in [4.78, 5) is 13.1. The Bertz CT molecular complexity index is 669. The van der Waals surface area contributed by atoms with Gasteiger partial charge in [0.2, 0.25) is 0 Å². The fraction of sp³-hybridized carbons (Fsp3) is 0.182. The largest absolute Gasteiger partial charge is 0.301 e. The lowest BCUT2D eigenvalue weighted by Gasteiger charge is -2.07. The maximum absolute atomic E-state index is 4.48. The van der Waals surface area contributed by atoms with Crippen LogP contribution in [-0.2, 0) is 6.42 Å². The van der Waals surface area contributed by atoms with Gasteiger partial charge in [0.1, 0.15) is 10.4 Å². The summed E-state index contributed by atoms with van der Waals surface area (Å²) in [6, 6.07) is 0. The molecule has 0 atom stereocenters. The van der Waals surface area contributed by atoms with Crippen LogP contribution in [0.25, 0.3) is 11.5 Å². The first-order valence-corrected chi connectivity index (χ1v) is 6.10. The van der Waals surface area contributed by atoms with E-state index in [4.69, 9.17) is 0 Å². The number of aryl methyl sites for hydroxylation is 1. The van der Waals surface area contributed by atoms with Crippen LogP contribution >= 0.6 is 15.9 Å². The Morgan fingerprint density at radius 3 is 2.88 bits per heavy atom. The molecule has 0 amide bonds. The fourth-order valence-electron chi connectivity index (χ4n) is 1.84. The van der Waals surface area contributed by atoms with E-state index < -0.39 is 0 Å². The molecule has 0 saturated heterocycles. The highest BCUT2D eigenvalue weighted by Gasteiger charge is 2.11. The van der Waals surface area contributed by atoms with Gasteiger partial charge in [0, 0.05) is 37.4 Å². The van der Waals surface area contributed by atoms with Gasteiger partial charge in [-0.1, -0.05) is 6.92 Å². The van der Waals surface area contributed by atoms with Crippen molar-refractivity contribution < 1.29 is 0 Å². The smallest absolute Gasteiger partial charge is 0.183 e. The van der Waals surface area contributed by atoms with Crippen LogP contribution in [-0.4, -0.2) is 23.9 Å². The summed E-state index contributed by atoms with van der Waals surface area (Å²) in [6.07, 6.45) is 10.1. The first-order valence-electron chi connectivity index (χ1n) is 5.31. The van der Waals surface area contributed by atoms with Crippen LogP contribution in [0, 0.1) is 0 Å². The molecule has 0 N–H and O–H groups in total. The van der Waals surface area contributed by atoms with Gasteiger partial charge < -0.3 is 4.40 Å². The van der Waals surface area contributed by atoms with E-state index in [9.17, 15) is 0 Å². The van der Waals surface area contributed by atoms with Crippen LogP contribution in [0.15, 0.2) is 35.6 Å². The molecule has 0 fully saturated rings. The van der Waals surface area contributed by atoms with Crippen molar-refractivity contribution in [2.24, 2.45) is 0 Å². The second-order valence-electron chi connectivity index (χ2n) is 3.61. The lowest BCUT2D eigenvalue weighted by molar-refractivity contribution is 0.858. The Morgan fingerprint density at radius 2 is 2.06 bits per heavy atom. The Labute approximate surface area is 106 Å². The standard InChI is InChI=1S/C11H10BrN5/c1-2-9-13-4-6-17(9)11-10-14-3-5-16(10)7-8(12)15-11/h3-7H,2H2,1H3. The molecule has 0 saturated carbocycles. The van der Waals surface area contributed by atoms with Gasteiger partial charge in [0.25, 0.3) is 0 Å². The fourth-order valence-corrected chi connectivity index (χ4v) is 2.22. The van der Waals surface area contributed by atoms with Crippen LogP contribution < -0.4 is 0 Å². The van der Waals surface area contributed by atoms with Gasteiger partial charge >= 0.3 is 0 Å². The normalized spacial score (nSPS) is 11.2. The Balaban J connectivity index is 2.32. The number of aromatic nitrogens is 5. The third-order valence-corrected chi connectivity index (χ3v) is 2.97. The topological polar surface area (TPSA) is 48.0 Å². The summed E-state index contributed by atoms with van der Waals surface area (Å²) >= 11 is 3.41. The second kappa shape index (κ2) is 3.96. The van der Waals surface area contributed by atoms with Crippen LogP contribution in [0.2, 0.25) is 0 Å². The predicted octanol–water partition coefficient (Wildman–Crippen LogP) is 2.24. The monoisotopic (exact) mass is 291 g/mol. The van der Waals surface area contributed by atoms with E-state index in [0.29, 0.717) is 0 Å². The molecule has 0 spiro atoms. The highest BCUT2D eigenvalue weighted by molar-refractivity contribution is 9.10. The Morgan fingerprint density at radius 1 is 1.24 bits per heavy atom. The minimum Gasteiger partial charge on any atom is -0.301 e. The van der Waals surface area contributed by atoms with Crippen molar-refractivity contribution >= 4 is 21.6 Å². The Hall–Kier alpha value is -1.69. The molecule has 3 aromatic heterocycles. The van der Waals surface area contributed by atoms with Crippen molar-refractivity contribution in [1.29, 1.82) is 0 Å². The molecule has 3 rings (SSSR count). The van der Waals surface area contributed by atoms with E-state index in [-0.39, 0.29) is 0 Å². The van der Waals surface area contributed by atoms with Crippen LogP contribution in [0.4, 0.5) is 0 Å². The summed E-state index contributed by atoms with van der Waals surface area (Å²) in [6.45, 7) is 2.07. The summed E-state index contributed by atoms with van der Waals surface area (Å²) in [7, 11) is 0. The summed E-state index contributed by atoms with van der Waals surface area (Å²) in [5.74, 6) is 1.76. The van der Waals surface area contributed by atoms with Gasteiger partial charge in [-0.25, -0.2) is 15.0 Å². The quantitative estimate of drug-likeness (QED) is 0.727. The third kappa shape index (κ3) is 1.64. The molecular weight excluding hydrogens is 282 g/mol. The summed E-state index contributed by atoms with van der Waals surface area (Å²) in [5.41, 5.74) is 0.820. The SMILES string of the molecule is CCc1nccn1-c1nc(Br)cn2ccnc12. The minimum absolute atomic E-state index is 0.772. The molecule has 0 aliphatic carbocycles. The molecule has 0 radical (unpaired) electrons. The maximum Gasteiger partial charge on any atom is 0.183 e. The molecule has 3 heterocycles. The number of halogens is 1. The number of hydrogen-bond donors (Lipinski definition) is 0. The van der Waals surface area contributed by atoms with Gasteiger partial charge in [-0.2, -0.15) is 0 Å². The van der Waals surface area contributed by atoms with E-state index in [1.807, 2.05) is 27.6 Å². The van der Waals surface area contributed by atoms with Gasteiger partial charge in [-0.3, -0.25) is 4.57 Å². The third-order valence-electron chi connectivity index (χ3n) is 2.59. The molecular formula is C11H10BrN5. The minimum atomic E-state index is 0.772. The van der Waals surface area contributed by atoms with Gasteiger partial charge in [-0.05, 0) is 15.9 Å². The molecule has 0 bridgehead atoms. The van der Waals surface area contributed by atoms with E-state index in [0.717, 1.165) is 28.3 Å². The number of fused-ring (bicyclic) bond motifs is 1. The number of hydrogen-bond acceptors (Lipinski definition) is 3. The highest BCUT2D eigenvalue weighted by Crippen LogP contribution is 2.17. The first kappa shape index (κ1) is 10.5. The molecule has 3 aromatic rings. The lowest BCUT2D eigenvalue weighted by atomic mass is 10.4. The molecule has 0 aliphatic rings. The van der Waals surface area contributed by atoms with Crippen molar-refractivity contribution in [2.75, 3.05) is 0 Å². The van der Waals surface area contributed by atoms with Crippen molar-refractivity contribution in [1.82, 2.24) is 23.9 Å². The number of nitrogens with zero attached hydrogens (tertiary/aromatic N) is 5. The molecule has 0 aliphatic heterocycles. The number of rotatable bonds is 2. The van der Waals surface area contributed by atoms with E-state index in [1.165, 1.54) is 0 Å². The van der Waals surface area contributed by atoms with Gasteiger partial charge in [-0.15, -0.1) is 0 Å². The van der Waals surface area contributed by atoms with Crippen molar-refractivity contribution in [3.8, 4) is 5.82 Å². The van der Waals surface area contributed by atoms with E-state index in [1.54, 1.807) is 12.4 Å². The zero-order valence-corrected chi connectivity index (χ0v) is 10.8. The average molecular weight is 292 g/mol. The van der Waals surface area contributed by atoms with E-state index in [2.05, 4.69) is 37.8 Å². The number of imidazole rings is 2. The Kier molecular flexibility index (Phi) is 2.44. The molecule has 5 nitrogen and oxygen atoms in total. The van der Waals surface area contributed by atoms with Gasteiger partial charge in [0.15, 0.2) is 11.5 Å². The summed E-state index contributed by atoms with van der Waals surface area (Å²) < 4.78 is 4.67. The molecule has 6 heteroatoms. The molecule has 0 unspecified atom stereocenters. The molecule has 17 heavy (non-hydrogen) atoms. The average Bonchev–Trinajstić information content (AvgIpc) is 2.95. The molecule has 86 valence electrons. The lowest BCUT2D eigenvalue weighted by Crippen LogP contribution is -2.05. The summed E-state index contributed by atoms with van der Waals surface area (Å²) in [5, 5.41) is 0. The zero-order chi connectivity index (χ0) is 11.8. The van der Waals surface area contributed by atoms with Crippen LogP contribution in [0.1, 0.15) is 12.7 Å². The second-order valence-corrected chi connectivity index (χ2v) is 4.42. The zero-order valence-electron chi connectivity index (χ0n) is 9.21. The van der Waals surface area contributed by atoms with Crippen molar-refractivity contribution in [3.05, 3.63) is 41.4 Å². The van der Waals surface area contributed by atoms with E-state index >= 15 is 0 Å². The predicted molar refractivity (Wildman–Crippen MR) is 67.2 cm³/mol. The highest BCUT2D eigenvalue weighted by atomic mass is 79.9. The molecule has 0 aromatic carbocycles. The van der Waals surface area contributed by atoms with Crippen LogP contribution in [0.3, 0.4) is 0 Å². The van der Waals surface area contributed by atoms with Crippen LogP contribution in [0.5, 0.6) is 0 Å². The first-order chi connectivity index (χ1) is 8.29. The van der Waals surface area contributed by atoms with Crippen molar-refractivity contribution in [2.45, 2.75) is 13.3 Å². The maximum atomic E-state index is 4.48. The van der Waals surface area contributed by atoms with Gasteiger partial charge in [0.05, 0.1) is 0 Å².